The molecular weight excluding hydrogens is 178 g/mol. The van der Waals surface area contributed by atoms with E-state index in [0.717, 1.165) is 32.6 Å². The van der Waals surface area contributed by atoms with Gasteiger partial charge in [-0.05, 0) is 46.1 Å². The number of rotatable bonds is 5. The minimum Gasteiger partial charge on any atom is -0.390 e. The second kappa shape index (κ2) is 5.10. The van der Waals surface area contributed by atoms with E-state index in [1.807, 2.05) is 13.8 Å². The van der Waals surface area contributed by atoms with Crippen molar-refractivity contribution >= 4 is 0 Å². The van der Waals surface area contributed by atoms with E-state index < -0.39 is 5.60 Å². The minimum atomic E-state index is -0.557. The van der Waals surface area contributed by atoms with Crippen molar-refractivity contribution in [3.05, 3.63) is 0 Å². The maximum atomic E-state index is 9.53. The first-order valence-corrected chi connectivity index (χ1v) is 5.52. The average Bonchev–Trinajstić information content (AvgIpc) is 2.53. The van der Waals surface area contributed by atoms with Crippen molar-refractivity contribution in [2.24, 2.45) is 5.92 Å². The molecule has 14 heavy (non-hydrogen) atoms. The fourth-order valence-electron chi connectivity index (χ4n) is 1.72. The van der Waals surface area contributed by atoms with Crippen molar-refractivity contribution < 1.29 is 9.84 Å². The maximum Gasteiger partial charge on any atom is 0.0603 e. The van der Waals surface area contributed by atoms with Gasteiger partial charge in [0.2, 0.25) is 0 Å². The smallest absolute Gasteiger partial charge is 0.0603 e. The van der Waals surface area contributed by atoms with Crippen LogP contribution in [-0.4, -0.2) is 36.5 Å². The standard InChI is InChI=1S/C11H23NO2/c1-9(10-4-7-14-8-10)12-6-5-11(2,3)13/h9-10,12-13H,4-8H2,1-3H3. The molecule has 0 aromatic heterocycles. The molecule has 0 aromatic carbocycles. The molecule has 1 rings (SSSR count). The zero-order valence-corrected chi connectivity index (χ0v) is 9.55. The SMILES string of the molecule is CC(NCCC(C)(C)O)C1CCOC1. The predicted molar refractivity (Wildman–Crippen MR) is 57.3 cm³/mol. The second-order valence-electron chi connectivity index (χ2n) is 4.93. The van der Waals surface area contributed by atoms with Crippen molar-refractivity contribution in [3.63, 3.8) is 0 Å². The quantitative estimate of drug-likeness (QED) is 0.701. The topological polar surface area (TPSA) is 41.5 Å². The van der Waals surface area contributed by atoms with Gasteiger partial charge >= 0.3 is 0 Å². The van der Waals surface area contributed by atoms with Gasteiger partial charge in [0.05, 0.1) is 12.2 Å². The van der Waals surface area contributed by atoms with E-state index in [-0.39, 0.29) is 0 Å². The van der Waals surface area contributed by atoms with Crippen LogP contribution in [0.5, 0.6) is 0 Å². The molecule has 1 fully saturated rings. The van der Waals surface area contributed by atoms with Crippen molar-refractivity contribution in [2.75, 3.05) is 19.8 Å². The van der Waals surface area contributed by atoms with E-state index in [2.05, 4.69) is 12.2 Å². The summed E-state index contributed by atoms with van der Waals surface area (Å²) in [5.41, 5.74) is -0.557. The second-order valence-corrected chi connectivity index (χ2v) is 4.93. The summed E-state index contributed by atoms with van der Waals surface area (Å²) in [6.45, 7) is 8.56. The Bertz CT molecular complexity index is 159. The largest absolute Gasteiger partial charge is 0.390 e. The zero-order chi connectivity index (χ0) is 10.6. The first-order valence-electron chi connectivity index (χ1n) is 5.52. The fourth-order valence-corrected chi connectivity index (χ4v) is 1.72. The number of ether oxygens (including phenoxy) is 1. The molecule has 2 unspecified atom stereocenters. The summed E-state index contributed by atoms with van der Waals surface area (Å²) < 4.78 is 5.34. The van der Waals surface area contributed by atoms with Crippen LogP contribution in [-0.2, 0) is 4.74 Å². The van der Waals surface area contributed by atoms with Gasteiger partial charge in [0.15, 0.2) is 0 Å². The lowest BCUT2D eigenvalue weighted by atomic mass is 10.00. The summed E-state index contributed by atoms with van der Waals surface area (Å²) in [6, 6.07) is 0.500. The zero-order valence-electron chi connectivity index (χ0n) is 9.55. The van der Waals surface area contributed by atoms with Crippen LogP contribution in [0.4, 0.5) is 0 Å². The van der Waals surface area contributed by atoms with Gasteiger partial charge in [-0.1, -0.05) is 0 Å². The van der Waals surface area contributed by atoms with Crippen LogP contribution in [0.25, 0.3) is 0 Å². The van der Waals surface area contributed by atoms with E-state index >= 15 is 0 Å². The van der Waals surface area contributed by atoms with Gasteiger partial charge in [-0.2, -0.15) is 0 Å². The normalized spacial score (nSPS) is 25.3. The Morgan fingerprint density at radius 1 is 1.57 bits per heavy atom. The summed E-state index contributed by atoms with van der Waals surface area (Å²) in [5.74, 6) is 0.650. The third-order valence-electron chi connectivity index (χ3n) is 2.88. The molecule has 2 atom stereocenters. The Hall–Kier alpha value is -0.120. The summed E-state index contributed by atoms with van der Waals surface area (Å²) in [6.07, 6.45) is 1.96. The third kappa shape index (κ3) is 4.40. The summed E-state index contributed by atoms with van der Waals surface area (Å²) in [5, 5.41) is 13.0. The Balaban J connectivity index is 2.11. The van der Waals surface area contributed by atoms with Crippen LogP contribution in [0.1, 0.15) is 33.6 Å². The fraction of sp³-hybridized carbons (Fsp3) is 1.00. The Morgan fingerprint density at radius 2 is 2.29 bits per heavy atom. The molecule has 0 spiro atoms. The number of hydrogen-bond acceptors (Lipinski definition) is 3. The molecule has 1 aliphatic rings. The lowest BCUT2D eigenvalue weighted by Gasteiger charge is -2.22. The maximum absolute atomic E-state index is 9.53. The van der Waals surface area contributed by atoms with Crippen LogP contribution in [0.15, 0.2) is 0 Å². The van der Waals surface area contributed by atoms with Crippen LogP contribution in [0, 0.1) is 5.92 Å². The third-order valence-corrected chi connectivity index (χ3v) is 2.88. The summed E-state index contributed by atoms with van der Waals surface area (Å²) >= 11 is 0. The molecule has 1 saturated heterocycles. The van der Waals surface area contributed by atoms with Gasteiger partial charge in [0, 0.05) is 12.6 Å². The summed E-state index contributed by atoms with van der Waals surface area (Å²) in [7, 11) is 0. The Labute approximate surface area is 86.8 Å². The van der Waals surface area contributed by atoms with E-state index in [0.29, 0.717) is 12.0 Å². The van der Waals surface area contributed by atoms with Crippen LogP contribution < -0.4 is 5.32 Å². The van der Waals surface area contributed by atoms with Crippen molar-refractivity contribution in [1.29, 1.82) is 0 Å². The predicted octanol–water partition coefficient (Wildman–Crippen LogP) is 1.16. The molecule has 0 aromatic rings. The van der Waals surface area contributed by atoms with E-state index in [9.17, 15) is 5.11 Å². The van der Waals surface area contributed by atoms with Crippen LogP contribution in [0.3, 0.4) is 0 Å². The molecular formula is C11H23NO2. The number of aliphatic hydroxyl groups is 1. The van der Waals surface area contributed by atoms with E-state index in [4.69, 9.17) is 4.74 Å². The Kier molecular flexibility index (Phi) is 4.35. The molecule has 2 N–H and O–H groups in total. The molecule has 0 saturated carbocycles. The van der Waals surface area contributed by atoms with E-state index in [1.165, 1.54) is 0 Å². The number of nitrogens with one attached hydrogen (secondary N) is 1. The molecule has 0 aliphatic carbocycles. The van der Waals surface area contributed by atoms with E-state index in [1.54, 1.807) is 0 Å². The molecule has 1 heterocycles. The first kappa shape index (κ1) is 12.0. The molecule has 0 radical (unpaired) electrons. The highest BCUT2D eigenvalue weighted by Crippen LogP contribution is 2.16. The first-order chi connectivity index (χ1) is 6.49. The lowest BCUT2D eigenvalue weighted by molar-refractivity contribution is 0.0697. The Morgan fingerprint density at radius 3 is 2.79 bits per heavy atom. The molecule has 84 valence electrons. The summed E-state index contributed by atoms with van der Waals surface area (Å²) in [4.78, 5) is 0. The highest BCUT2D eigenvalue weighted by Gasteiger charge is 2.22. The number of hydrogen-bond donors (Lipinski definition) is 2. The molecule has 0 bridgehead atoms. The lowest BCUT2D eigenvalue weighted by Crippen LogP contribution is -2.37. The van der Waals surface area contributed by atoms with Gasteiger partial charge in [-0.25, -0.2) is 0 Å². The van der Waals surface area contributed by atoms with Gasteiger partial charge in [0.1, 0.15) is 0 Å². The van der Waals surface area contributed by atoms with Gasteiger partial charge in [-0.15, -0.1) is 0 Å². The minimum absolute atomic E-state index is 0.500. The molecule has 3 heteroatoms. The molecule has 1 aliphatic heterocycles. The molecule has 3 nitrogen and oxygen atoms in total. The average molecular weight is 201 g/mol. The van der Waals surface area contributed by atoms with Gasteiger partial charge in [-0.3, -0.25) is 0 Å². The molecule has 0 amide bonds. The monoisotopic (exact) mass is 201 g/mol. The van der Waals surface area contributed by atoms with Gasteiger partial charge in [0.25, 0.3) is 0 Å². The van der Waals surface area contributed by atoms with Crippen LogP contribution >= 0.6 is 0 Å². The van der Waals surface area contributed by atoms with Crippen molar-refractivity contribution in [1.82, 2.24) is 5.32 Å². The van der Waals surface area contributed by atoms with Crippen molar-refractivity contribution in [2.45, 2.75) is 45.3 Å². The highest BCUT2D eigenvalue weighted by atomic mass is 16.5. The van der Waals surface area contributed by atoms with Crippen LogP contribution in [0.2, 0.25) is 0 Å². The highest BCUT2D eigenvalue weighted by molar-refractivity contribution is 4.76. The van der Waals surface area contributed by atoms with Crippen molar-refractivity contribution in [3.8, 4) is 0 Å². The van der Waals surface area contributed by atoms with Gasteiger partial charge < -0.3 is 15.2 Å².